The maximum absolute atomic E-state index is 11.2. The standard InChI is InChI=1S/C14H20N2O3/c1-8-6-10(7-11(12(8)15)13(17)18)16-14(3)4-5-19-9(14)2/h6-7,9,16H,4-5,15H2,1-3H3,(H,17,18). The van der Waals surface area contributed by atoms with Crippen molar-refractivity contribution in [3.8, 4) is 0 Å². The Labute approximate surface area is 112 Å². The molecule has 0 radical (unpaired) electrons. The van der Waals surface area contributed by atoms with E-state index in [1.165, 1.54) is 0 Å². The van der Waals surface area contributed by atoms with Gasteiger partial charge in [-0.3, -0.25) is 0 Å². The third-order valence-corrected chi connectivity index (χ3v) is 3.93. The van der Waals surface area contributed by atoms with Crippen molar-refractivity contribution in [2.24, 2.45) is 0 Å². The molecule has 1 heterocycles. The molecule has 4 N–H and O–H groups in total. The molecule has 5 heteroatoms. The summed E-state index contributed by atoms with van der Waals surface area (Å²) in [5.74, 6) is -1.01. The van der Waals surface area contributed by atoms with Gasteiger partial charge in [0.05, 0.1) is 17.2 Å². The van der Waals surface area contributed by atoms with E-state index in [0.717, 1.165) is 17.7 Å². The van der Waals surface area contributed by atoms with Gasteiger partial charge in [0, 0.05) is 18.0 Å². The number of aromatic carboxylic acids is 1. The molecule has 1 saturated heterocycles. The van der Waals surface area contributed by atoms with E-state index in [2.05, 4.69) is 12.2 Å². The Morgan fingerprint density at radius 3 is 2.79 bits per heavy atom. The van der Waals surface area contributed by atoms with Gasteiger partial charge in [-0.2, -0.15) is 0 Å². The molecule has 1 aliphatic rings. The second-order valence-corrected chi connectivity index (χ2v) is 5.37. The zero-order chi connectivity index (χ0) is 14.2. The van der Waals surface area contributed by atoms with E-state index < -0.39 is 5.97 Å². The Morgan fingerprint density at radius 1 is 1.58 bits per heavy atom. The van der Waals surface area contributed by atoms with Crippen LogP contribution in [0.5, 0.6) is 0 Å². The molecule has 0 saturated carbocycles. The summed E-state index contributed by atoms with van der Waals surface area (Å²) in [6, 6.07) is 3.46. The fourth-order valence-electron chi connectivity index (χ4n) is 2.38. The fraction of sp³-hybridized carbons (Fsp3) is 0.500. The van der Waals surface area contributed by atoms with Gasteiger partial charge in [-0.1, -0.05) is 0 Å². The number of nitrogen functional groups attached to an aromatic ring is 1. The Bertz CT molecular complexity index is 516. The Hall–Kier alpha value is -1.75. The second kappa shape index (κ2) is 4.74. The molecule has 5 nitrogen and oxygen atoms in total. The number of hydrogen-bond donors (Lipinski definition) is 3. The van der Waals surface area contributed by atoms with E-state index >= 15 is 0 Å². The summed E-state index contributed by atoms with van der Waals surface area (Å²) < 4.78 is 5.57. The molecular weight excluding hydrogens is 244 g/mol. The highest BCUT2D eigenvalue weighted by atomic mass is 16.5. The molecule has 2 unspecified atom stereocenters. The summed E-state index contributed by atoms with van der Waals surface area (Å²) in [6.07, 6.45) is 0.971. The lowest BCUT2D eigenvalue weighted by atomic mass is 9.93. The number of aryl methyl sites for hydroxylation is 1. The van der Waals surface area contributed by atoms with Gasteiger partial charge in [0.1, 0.15) is 0 Å². The minimum atomic E-state index is -1.01. The van der Waals surface area contributed by atoms with Crippen LogP contribution < -0.4 is 11.1 Å². The van der Waals surface area contributed by atoms with Crippen molar-refractivity contribution >= 4 is 17.3 Å². The molecule has 1 aromatic carbocycles. The van der Waals surface area contributed by atoms with Crippen LogP contribution in [0.15, 0.2) is 12.1 Å². The number of nitrogens with one attached hydrogen (secondary N) is 1. The summed E-state index contributed by atoms with van der Waals surface area (Å²) >= 11 is 0. The van der Waals surface area contributed by atoms with Gasteiger partial charge >= 0.3 is 5.97 Å². The smallest absolute Gasteiger partial charge is 0.337 e. The average Bonchev–Trinajstić information content (AvgIpc) is 2.63. The number of carbonyl (C=O) groups is 1. The molecule has 0 amide bonds. The van der Waals surface area contributed by atoms with Crippen LogP contribution in [0.1, 0.15) is 36.2 Å². The van der Waals surface area contributed by atoms with E-state index in [0.29, 0.717) is 12.3 Å². The van der Waals surface area contributed by atoms with E-state index in [4.69, 9.17) is 15.6 Å². The van der Waals surface area contributed by atoms with E-state index in [1.54, 1.807) is 6.07 Å². The van der Waals surface area contributed by atoms with Gasteiger partial charge in [0.15, 0.2) is 0 Å². The molecule has 1 aromatic rings. The Morgan fingerprint density at radius 2 is 2.26 bits per heavy atom. The van der Waals surface area contributed by atoms with Crippen molar-refractivity contribution in [3.63, 3.8) is 0 Å². The monoisotopic (exact) mass is 264 g/mol. The first-order chi connectivity index (χ1) is 8.83. The van der Waals surface area contributed by atoms with Crippen LogP contribution in [-0.4, -0.2) is 29.3 Å². The van der Waals surface area contributed by atoms with Crippen LogP contribution in [0.3, 0.4) is 0 Å². The third kappa shape index (κ3) is 2.51. The van der Waals surface area contributed by atoms with Crippen LogP contribution in [0, 0.1) is 6.92 Å². The number of hydrogen-bond acceptors (Lipinski definition) is 4. The number of anilines is 2. The van der Waals surface area contributed by atoms with Gasteiger partial charge in [0.25, 0.3) is 0 Å². The lowest BCUT2D eigenvalue weighted by molar-refractivity contribution is 0.0698. The number of carboxylic acid groups (broad SMARTS) is 1. The van der Waals surface area contributed by atoms with Crippen molar-refractivity contribution in [3.05, 3.63) is 23.3 Å². The van der Waals surface area contributed by atoms with Crippen molar-refractivity contribution < 1.29 is 14.6 Å². The molecule has 19 heavy (non-hydrogen) atoms. The zero-order valence-corrected chi connectivity index (χ0v) is 11.5. The first kappa shape index (κ1) is 13.7. The first-order valence-electron chi connectivity index (χ1n) is 6.37. The number of ether oxygens (including phenoxy) is 1. The third-order valence-electron chi connectivity index (χ3n) is 3.93. The lowest BCUT2D eigenvalue weighted by Crippen LogP contribution is -2.41. The van der Waals surface area contributed by atoms with E-state index in [1.807, 2.05) is 19.9 Å². The number of nitrogens with two attached hydrogens (primary N) is 1. The molecule has 0 spiro atoms. The van der Waals surface area contributed by atoms with Gasteiger partial charge < -0.3 is 20.9 Å². The number of rotatable bonds is 3. The van der Waals surface area contributed by atoms with Crippen LogP contribution in [0.25, 0.3) is 0 Å². The predicted molar refractivity (Wildman–Crippen MR) is 74.6 cm³/mol. The minimum absolute atomic E-state index is 0.0821. The van der Waals surface area contributed by atoms with Gasteiger partial charge in [-0.05, 0) is 44.9 Å². The highest BCUT2D eigenvalue weighted by Gasteiger charge is 2.37. The van der Waals surface area contributed by atoms with Crippen molar-refractivity contribution in [1.82, 2.24) is 0 Å². The average molecular weight is 264 g/mol. The number of benzene rings is 1. The molecule has 1 fully saturated rings. The molecule has 0 aromatic heterocycles. The topological polar surface area (TPSA) is 84.6 Å². The summed E-state index contributed by atoms with van der Waals surface area (Å²) in [5.41, 5.74) is 7.59. The maximum Gasteiger partial charge on any atom is 0.337 e. The number of carboxylic acids is 1. The molecule has 0 bridgehead atoms. The lowest BCUT2D eigenvalue weighted by Gasteiger charge is -2.30. The summed E-state index contributed by atoms with van der Waals surface area (Å²) in [6.45, 7) is 6.62. The highest BCUT2D eigenvalue weighted by Crippen LogP contribution is 2.31. The van der Waals surface area contributed by atoms with Crippen LogP contribution >= 0.6 is 0 Å². The normalized spacial score (nSPS) is 26.4. The van der Waals surface area contributed by atoms with Gasteiger partial charge in [0.2, 0.25) is 0 Å². The molecule has 0 aliphatic carbocycles. The first-order valence-corrected chi connectivity index (χ1v) is 6.37. The minimum Gasteiger partial charge on any atom is -0.478 e. The molecule has 2 atom stereocenters. The fourth-order valence-corrected chi connectivity index (χ4v) is 2.38. The second-order valence-electron chi connectivity index (χ2n) is 5.37. The predicted octanol–water partition coefficient (Wildman–Crippen LogP) is 2.25. The molecule has 1 aliphatic heterocycles. The quantitative estimate of drug-likeness (QED) is 0.729. The summed E-state index contributed by atoms with van der Waals surface area (Å²) in [7, 11) is 0. The maximum atomic E-state index is 11.2. The van der Waals surface area contributed by atoms with Crippen LogP contribution in [0.4, 0.5) is 11.4 Å². The summed E-state index contributed by atoms with van der Waals surface area (Å²) in [4.78, 5) is 11.2. The molecular formula is C14H20N2O3. The van der Waals surface area contributed by atoms with Crippen LogP contribution in [0.2, 0.25) is 0 Å². The van der Waals surface area contributed by atoms with E-state index in [9.17, 15) is 4.79 Å². The van der Waals surface area contributed by atoms with Crippen LogP contribution in [-0.2, 0) is 4.74 Å². The SMILES string of the molecule is Cc1cc(NC2(C)CCOC2C)cc(C(=O)O)c1N. The molecule has 2 rings (SSSR count). The van der Waals surface area contributed by atoms with Gasteiger partial charge in [-0.15, -0.1) is 0 Å². The molecule has 104 valence electrons. The van der Waals surface area contributed by atoms with Crippen molar-refractivity contribution in [2.75, 3.05) is 17.7 Å². The van der Waals surface area contributed by atoms with Crippen molar-refractivity contribution in [1.29, 1.82) is 0 Å². The Balaban J connectivity index is 2.33. The zero-order valence-electron chi connectivity index (χ0n) is 11.5. The van der Waals surface area contributed by atoms with Crippen molar-refractivity contribution in [2.45, 2.75) is 38.8 Å². The highest BCUT2D eigenvalue weighted by molar-refractivity contribution is 5.95. The summed E-state index contributed by atoms with van der Waals surface area (Å²) in [5, 5.41) is 12.5. The van der Waals surface area contributed by atoms with E-state index in [-0.39, 0.29) is 17.2 Å². The Kier molecular flexibility index (Phi) is 3.41. The largest absolute Gasteiger partial charge is 0.478 e. The van der Waals surface area contributed by atoms with Gasteiger partial charge in [-0.25, -0.2) is 4.79 Å².